The van der Waals surface area contributed by atoms with E-state index in [-0.39, 0.29) is 5.91 Å². The first-order chi connectivity index (χ1) is 8.22. The van der Waals surface area contributed by atoms with Gasteiger partial charge in [-0.25, -0.2) is 0 Å². The first-order valence-corrected chi connectivity index (χ1v) is 5.82. The minimum Gasteiger partial charge on any atom is -0.361 e. The van der Waals surface area contributed by atoms with E-state index in [1.165, 1.54) is 0 Å². The van der Waals surface area contributed by atoms with E-state index in [0.29, 0.717) is 13.1 Å². The van der Waals surface area contributed by atoms with Crippen molar-refractivity contribution in [1.29, 1.82) is 0 Å². The van der Waals surface area contributed by atoms with Gasteiger partial charge in [-0.2, -0.15) is 0 Å². The lowest BCUT2D eigenvalue weighted by molar-refractivity contribution is -0.119. The molecule has 0 bridgehead atoms. The van der Waals surface area contributed by atoms with Gasteiger partial charge in [0, 0.05) is 26.3 Å². The van der Waals surface area contributed by atoms with Crippen molar-refractivity contribution >= 4 is 11.6 Å². The maximum atomic E-state index is 11.5. The number of hydrogen-bond acceptors (Lipinski definition) is 4. The molecular formula is C12H20N4O. The molecule has 1 aromatic heterocycles. The highest BCUT2D eigenvalue weighted by Crippen LogP contribution is 2.17. The number of nitrogens with two attached hydrogens (primary N) is 1. The van der Waals surface area contributed by atoms with Crippen LogP contribution >= 0.6 is 0 Å². The lowest BCUT2D eigenvalue weighted by Crippen LogP contribution is -2.36. The number of pyridine rings is 1. The Bertz CT molecular complexity index is 367. The second kappa shape index (κ2) is 6.85. The summed E-state index contributed by atoms with van der Waals surface area (Å²) >= 11 is 0. The van der Waals surface area contributed by atoms with Gasteiger partial charge in [0.05, 0.1) is 17.9 Å². The van der Waals surface area contributed by atoms with Crippen molar-refractivity contribution in [2.45, 2.75) is 19.9 Å². The fourth-order valence-electron chi connectivity index (χ4n) is 1.68. The Morgan fingerprint density at radius 2 is 2.35 bits per heavy atom. The zero-order chi connectivity index (χ0) is 12.7. The summed E-state index contributed by atoms with van der Waals surface area (Å²) in [4.78, 5) is 17.7. The van der Waals surface area contributed by atoms with Crippen LogP contribution in [0, 0.1) is 0 Å². The molecule has 0 aromatic carbocycles. The highest BCUT2D eigenvalue weighted by molar-refractivity contribution is 5.81. The van der Waals surface area contributed by atoms with Crippen molar-refractivity contribution in [3.63, 3.8) is 0 Å². The average Bonchev–Trinajstić information content (AvgIpc) is 2.38. The molecule has 0 aliphatic carbocycles. The van der Waals surface area contributed by atoms with Gasteiger partial charge in [0.2, 0.25) is 5.91 Å². The fraction of sp³-hybridized carbons (Fsp3) is 0.500. The van der Waals surface area contributed by atoms with E-state index in [0.717, 1.165) is 24.3 Å². The van der Waals surface area contributed by atoms with Gasteiger partial charge < -0.3 is 16.0 Å². The third kappa shape index (κ3) is 3.71. The molecule has 0 fully saturated rings. The Morgan fingerprint density at radius 1 is 1.59 bits per heavy atom. The van der Waals surface area contributed by atoms with Crippen LogP contribution in [0.15, 0.2) is 18.3 Å². The zero-order valence-electron chi connectivity index (χ0n) is 10.4. The van der Waals surface area contributed by atoms with Gasteiger partial charge in [-0.1, -0.05) is 6.92 Å². The van der Waals surface area contributed by atoms with Crippen molar-refractivity contribution in [3.05, 3.63) is 24.0 Å². The Labute approximate surface area is 102 Å². The van der Waals surface area contributed by atoms with Crippen molar-refractivity contribution in [1.82, 2.24) is 10.3 Å². The average molecular weight is 236 g/mol. The van der Waals surface area contributed by atoms with E-state index in [9.17, 15) is 4.79 Å². The van der Waals surface area contributed by atoms with Crippen molar-refractivity contribution < 1.29 is 4.79 Å². The first-order valence-electron chi connectivity index (χ1n) is 5.82. The van der Waals surface area contributed by atoms with Gasteiger partial charge in [0.1, 0.15) is 0 Å². The lowest BCUT2D eigenvalue weighted by atomic mass is 10.2. The largest absolute Gasteiger partial charge is 0.361 e. The maximum Gasteiger partial charge on any atom is 0.239 e. The van der Waals surface area contributed by atoms with E-state index in [2.05, 4.69) is 17.2 Å². The summed E-state index contributed by atoms with van der Waals surface area (Å²) in [5, 5.41) is 2.63. The van der Waals surface area contributed by atoms with Gasteiger partial charge in [-0.15, -0.1) is 0 Å². The number of amides is 1. The van der Waals surface area contributed by atoms with Gasteiger partial charge in [0.15, 0.2) is 0 Å². The van der Waals surface area contributed by atoms with Gasteiger partial charge >= 0.3 is 0 Å². The molecule has 1 rings (SSSR count). The molecule has 0 unspecified atom stereocenters. The Morgan fingerprint density at radius 3 is 2.94 bits per heavy atom. The lowest BCUT2D eigenvalue weighted by Gasteiger charge is -2.25. The van der Waals surface area contributed by atoms with Crippen LogP contribution in [0.3, 0.4) is 0 Å². The minimum atomic E-state index is -0.00901. The number of nitrogens with zero attached hydrogens (tertiary/aromatic N) is 2. The van der Waals surface area contributed by atoms with Crippen molar-refractivity contribution in [2.24, 2.45) is 5.73 Å². The van der Waals surface area contributed by atoms with E-state index < -0.39 is 0 Å². The fourth-order valence-corrected chi connectivity index (χ4v) is 1.68. The van der Waals surface area contributed by atoms with Crippen LogP contribution in [0.1, 0.15) is 19.0 Å². The molecule has 1 amide bonds. The van der Waals surface area contributed by atoms with Crippen LogP contribution in [-0.2, 0) is 11.3 Å². The summed E-state index contributed by atoms with van der Waals surface area (Å²) in [6.45, 7) is 3.61. The van der Waals surface area contributed by atoms with Gasteiger partial charge in [-0.05, 0) is 18.6 Å². The summed E-state index contributed by atoms with van der Waals surface area (Å²) in [5.74, 6) is -0.00901. The first kappa shape index (κ1) is 13.4. The van der Waals surface area contributed by atoms with Crippen LogP contribution < -0.4 is 16.0 Å². The topological polar surface area (TPSA) is 71.2 Å². The SMILES string of the molecule is CCCN(CC(=O)NC)c1cccnc1CN. The van der Waals surface area contributed by atoms with Crippen molar-refractivity contribution in [3.8, 4) is 0 Å². The second-order valence-electron chi connectivity index (χ2n) is 3.77. The van der Waals surface area contributed by atoms with E-state index >= 15 is 0 Å². The molecule has 3 N–H and O–H groups in total. The summed E-state index contributed by atoms with van der Waals surface area (Å²) in [6.07, 6.45) is 2.69. The summed E-state index contributed by atoms with van der Waals surface area (Å²) in [6, 6.07) is 3.81. The summed E-state index contributed by atoms with van der Waals surface area (Å²) in [5.41, 5.74) is 7.43. The highest BCUT2D eigenvalue weighted by atomic mass is 16.1. The number of hydrogen-bond donors (Lipinski definition) is 2. The number of carbonyl (C=O) groups excluding carboxylic acids is 1. The predicted molar refractivity (Wildman–Crippen MR) is 68.7 cm³/mol. The van der Waals surface area contributed by atoms with Crippen LogP contribution in [-0.4, -0.2) is 31.0 Å². The standard InChI is InChI=1S/C12H20N4O/c1-3-7-16(9-12(17)14-2)11-5-4-6-15-10(11)8-13/h4-6H,3,7-9,13H2,1-2H3,(H,14,17). The number of nitrogens with one attached hydrogen (secondary N) is 1. The monoisotopic (exact) mass is 236 g/mol. The third-order valence-corrected chi connectivity index (χ3v) is 2.51. The molecule has 0 saturated carbocycles. The maximum absolute atomic E-state index is 11.5. The molecule has 0 atom stereocenters. The van der Waals surface area contributed by atoms with Crippen LogP contribution in [0.25, 0.3) is 0 Å². The van der Waals surface area contributed by atoms with Gasteiger partial charge in [-0.3, -0.25) is 9.78 Å². The Balaban J connectivity index is 2.91. The van der Waals surface area contributed by atoms with Gasteiger partial charge in [0.25, 0.3) is 0 Å². The number of carbonyl (C=O) groups is 1. The molecule has 5 nitrogen and oxygen atoms in total. The number of anilines is 1. The molecule has 0 aliphatic heterocycles. The molecule has 17 heavy (non-hydrogen) atoms. The van der Waals surface area contributed by atoms with Crippen LogP contribution in [0.5, 0.6) is 0 Å². The number of rotatable bonds is 6. The van der Waals surface area contributed by atoms with E-state index in [1.54, 1.807) is 13.2 Å². The normalized spacial score (nSPS) is 10.1. The molecular weight excluding hydrogens is 216 g/mol. The molecule has 0 spiro atoms. The smallest absolute Gasteiger partial charge is 0.239 e. The summed E-state index contributed by atoms with van der Waals surface area (Å²) in [7, 11) is 1.64. The van der Waals surface area contributed by atoms with E-state index in [1.807, 2.05) is 17.0 Å². The number of aromatic nitrogens is 1. The molecule has 0 aliphatic rings. The number of likely N-dealkylation sites (N-methyl/N-ethyl adjacent to an activating group) is 1. The second-order valence-corrected chi connectivity index (χ2v) is 3.77. The third-order valence-electron chi connectivity index (χ3n) is 2.51. The predicted octanol–water partition coefficient (Wildman–Crippen LogP) is 0.503. The highest BCUT2D eigenvalue weighted by Gasteiger charge is 2.13. The summed E-state index contributed by atoms with van der Waals surface area (Å²) < 4.78 is 0. The molecule has 0 radical (unpaired) electrons. The molecule has 1 aromatic rings. The molecule has 1 heterocycles. The Hall–Kier alpha value is -1.62. The molecule has 94 valence electrons. The zero-order valence-corrected chi connectivity index (χ0v) is 10.4. The van der Waals surface area contributed by atoms with Crippen LogP contribution in [0.2, 0.25) is 0 Å². The Kier molecular flexibility index (Phi) is 5.42. The minimum absolute atomic E-state index is 0.00901. The van der Waals surface area contributed by atoms with Crippen LogP contribution in [0.4, 0.5) is 5.69 Å². The molecule has 5 heteroatoms. The quantitative estimate of drug-likeness (QED) is 0.754. The van der Waals surface area contributed by atoms with Crippen molar-refractivity contribution in [2.75, 3.05) is 25.0 Å². The molecule has 0 saturated heterocycles. The van der Waals surface area contributed by atoms with E-state index in [4.69, 9.17) is 5.73 Å².